The average molecular weight is 342 g/mol. The summed E-state index contributed by atoms with van der Waals surface area (Å²) in [6.07, 6.45) is 3.10. The van der Waals surface area contributed by atoms with Gasteiger partial charge >= 0.3 is 0 Å². The van der Waals surface area contributed by atoms with Gasteiger partial charge in [0, 0.05) is 24.9 Å². The Kier molecular flexibility index (Phi) is 4.22. The maximum absolute atomic E-state index is 12.4. The van der Waals surface area contributed by atoms with Gasteiger partial charge in [-0.25, -0.2) is 13.1 Å². The minimum atomic E-state index is -3.61. The van der Waals surface area contributed by atoms with Crippen LogP contribution < -0.4 is 4.72 Å². The van der Waals surface area contributed by atoms with Crippen LogP contribution in [0.1, 0.15) is 18.1 Å². The molecule has 1 N–H and O–H groups in total. The first-order valence-electron chi connectivity index (χ1n) is 6.84. The number of nitrogens with zero attached hydrogens (tertiary/aromatic N) is 2. The monoisotopic (exact) mass is 341 g/mol. The highest BCUT2D eigenvalue weighted by Crippen LogP contribution is 2.30. The highest BCUT2D eigenvalue weighted by Gasteiger charge is 2.33. The molecule has 0 amide bonds. The van der Waals surface area contributed by atoms with Gasteiger partial charge in [0.15, 0.2) is 0 Å². The van der Waals surface area contributed by atoms with Crippen molar-refractivity contribution in [3.05, 3.63) is 47.2 Å². The number of rotatable bonds is 4. The van der Waals surface area contributed by atoms with Crippen molar-refractivity contribution < 1.29 is 13.2 Å². The molecule has 118 valence electrons. The number of hydrogen-bond donors (Lipinski definition) is 1. The standard InChI is InChI=1S/C14H16ClN3O3S/c1-18-9-12(8-16-18)22(19,20)17-13-6-7-21-14(13)10-2-4-11(15)5-3-10/h2-5,8-9,13-14,17H,6-7H2,1H3. The van der Waals surface area contributed by atoms with Gasteiger partial charge in [-0.1, -0.05) is 23.7 Å². The van der Waals surface area contributed by atoms with Crippen LogP contribution in [0.25, 0.3) is 0 Å². The Hall–Kier alpha value is -1.41. The van der Waals surface area contributed by atoms with Gasteiger partial charge < -0.3 is 4.74 Å². The molecule has 0 aliphatic carbocycles. The normalized spacial score (nSPS) is 22.1. The third kappa shape index (κ3) is 3.17. The Labute approximate surface area is 134 Å². The third-order valence-electron chi connectivity index (χ3n) is 3.59. The van der Waals surface area contributed by atoms with Crippen LogP contribution in [-0.4, -0.2) is 30.8 Å². The molecular weight excluding hydrogens is 326 g/mol. The molecule has 3 rings (SSSR count). The molecule has 2 unspecified atom stereocenters. The Morgan fingerprint density at radius 1 is 1.36 bits per heavy atom. The molecule has 1 aliphatic heterocycles. The van der Waals surface area contributed by atoms with E-state index in [-0.39, 0.29) is 17.0 Å². The molecular formula is C14H16ClN3O3S. The van der Waals surface area contributed by atoms with Crippen molar-refractivity contribution in [3.63, 3.8) is 0 Å². The van der Waals surface area contributed by atoms with E-state index in [4.69, 9.17) is 16.3 Å². The number of sulfonamides is 1. The molecule has 1 saturated heterocycles. The number of hydrogen-bond acceptors (Lipinski definition) is 4. The lowest BCUT2D eigenvalue weighted by molar-refractivity contribution is 0.102. The first-order valence-corrected chi connectivity index (χ1v) is 8.70. The molecule has 8 heteroatoms. The van der Waals surface area contributed by atoms with E-state index in [1.165, 1.54) is 17.1 Å². The number of ether oxygens (including phenoxy) is 1. The molecule has 1 aromatic carbocycles. The molecule has 2 aromatic rings. The van der Waals surface area contributed by atoms with Gasteiger partial charge in [0.05, 0.1) is 18.3 Å². The fourth-order valence-electron chi connectivity index (χ4n) is 2.50. The summed E-state index contributed by atoms with van der Waals surface area (Å²) < 4.78 is 34.6. The second kappa shape index (κ2) is 6.00. The van der Waals surface area contributed by atoms with Crippen LogP contribution in [0.5, 0.6) is 0 Å². The zero-order valence-corrected chi connectivity index (χ0v) is 13.5. The molecule has 2 atom stereocenters. The van der Waals surface area contributed by atoms with E-state index in [1.807, 2.05) is 12.1 Å². The summed E-state index contributed by atoms with van der Waals surface area (Å²) in [6.45, 7) is 0.507. The summed E-state index contributed by atoms with van der Waals surface area (Å²) in [7, 11) is -1.94. The van der Waals surface area contributed by atoms with Crippen molar-refractivity contribution in [2.75, 3.05) is 6.61 Å². The van der Waals surface area contributed by atoms with Crippen LogP contribution in [0, 0.1) is 0 Å². The van der Waals surface area contributed by atoms with Crippen molar-refractivity contribution >= 4 is 21.6 Å². The van der Waals surface area contributed by atoms with E-state index in [0.717, 1.165) is 5.56 Å². The van der Waals surface area contributed by atoms with Crippen LogP contribution in [0.15, 0.2) is 41.6 Å². The quantitative estimate of drug-likeness (QED) is 0.921. The summed E-state index contributed by atoms with van der Waals surface area (Å²) in [5.41, 5.74) is 0.904. The summed E-state index contributed by atoms with van der Waals surface area (Å²) in [5, 5.41) is 4.53. The molecule has 0 radical (unpaired) electrons. The zero-order valence-electron chi connectivity index (χ0n) is 11.9. The molecule has 2 heterocycles. The van der Waals surface area contributed by atoms with Gasteiger partial charge in [0.25, 0.3) is 0 Å². The summed E-state index contributed by atoms with van der Waals surface area (Å²) >= 11 is 5.88. The van der Waals surface area contributed by atoms with Crippen LogP contribution in [-0.2, 0) is 21.8 Å². The van der Waals surface area contributed by atoms with E-state index in [9.17, 15) is 8.42 Å². The predicted octanol–water partition coefficient (Wildman–Crippen LogP) is 1.88. The van der Waals surface area contributed by atoms with Crippen LogP contribution >= 0.6 is 11.6 Å². The van der Waals surface area contributed by atoms with Crippen molar-refractivity contribution in [2.24, 2.45) is 7.05 Å². The largest absolute Gasteiger partial charge is 0.372 e. The Morgan fingerprint density at radius 3 is 2.73 bits per heavy atom. The minimum Gasteiger partial charge on any atom is -0.372 e. The second-order valence-electron chi connectivity index (χ2n) is 5.21. The van der Waals surface area contributed by atoms with E-state index < -0.39 is 10.0 Å². The van der Waals surface area contributed by atoms with Gasteiger partial charge in [-0.05, 0) is 24.1 Å². The molecule has 1 fully saturated rings. The highest BCUT2D eigenvalue weighted by atomic mass is 35.5. The van der Waals surface area contributed by atoms with E-state index >= 15 is 0 Å². The molecule has 0 saturated carbocycles. The average Bonchev–Trinajstić information content (AvgIpc) is 3.09. The maximum Gasteiger partial charge on any atom is 0.244 e. The SMILES string of the molecule is Cn1cc(S(=O)(=O)NC2CCOC2c2ccc(Cl)cc2)cn1. The molecule has 6 nitrogen and oxygen atoms in total. The van der Waals surface area contributed by atoms with Gasteiger partial charge in [-0.2, -0.15) is 5.10 Å². The van der Waals surface area contributed by atoms with Crippen molar-refractivity contribution in [2.45, 2.75) is 23.5 Å². The number of halogens is 1. The maximum atomic E-state index is 12.4. The van der Waals surface area contributed by atoms with Crippen molar-refractivity contribution in [3.8, 4) is 0 Å². The second-order valence-corrected chi connectivity index (χ2v) is 7.36. The van der Waals surface area contributed by atoms with Gasteiger partial charge in [0.2, 0.25) is 10.0 Å². The summed E-state index contributed by atoms with van der Waals surface area (Å²) in [6, 6.07) is 6.93. The lowest BCUT2D eigenvalue weighted by atomic mass is 10.0. The predicted molar refractivity (Wildman–Crippen MR) is 82.1 cm³/mol. The highest BCUT2D eigenvalue weighted by molar-refractivity contribution is 7.89. The van der Waals surface area contributed by atoms with Crippen molar-refractivity contribution in [1.29, 1.82) is 0 Å². The first-order chi connectivity index (χ1) is 10.5. The lowest BCUT2D eigenvalue weighted by Gasteiger charge is -2.19. The summed E-state index contributed by atoms with van der Waals surface area (Å²) in [5.74, 6) is 0. The summed E-state index contributed by atoms with van der Waals surface area (Å²) in [4.78, 5) is 0.150. The lowest BCUT2D eigenvalue weighted by Crippen LogP contribution is -2.36. The number of aromatic nitrogens is 2. The molecule has 0 spiro atoms. The number of aryl methyl sites for hydroxylation is 1. The van der Waals surface area contributed by atoms with Crippen LogP contribution in [0.2, 0.25) is 5.02 Å². The van der Waals surface area contributed by atoms with Gasteiger partial charge in [-0.15, -0.1) is 0 Å². The molecule has 1 aromatic heterocycles. The molecule has 1 aliphatic rings. The van der Waals surface area contributed by atoms with E-state index in [0.29, 0.717) is 18.1 Å². The number of nitrogens with one attached hydrogen (secondary N) is 1. The fourth-order valence-corrected chi connectivity index (χ4v) is 3.88. The molecule has 22 heavy (non-hydrogen) atoms. The first kappa shape index (κ1) is 15.5. The van der Waals surface area contributed by atoms with Gasteiger partial charge in [-0.3, -0.25) is 4.68 Å². The van der Waals surface area contributed by atoms with Crippen LogP contribution in [0.3, 0.4) is 0 Å². The third-order valence-corrected chi connectivity index (χ3v) is 5.28. The van der Waals surface area contributed by atoms with E-state index in [1.54, 1.807) is 19.2 Å². The zero-order chi connectivity index (χ0) is 15.7. The van der Waals surface area contributed by atoms with Crippen LogP contribution in [0.4, 0.5) is 0 Å². The Morgan fingerprint density at radius 2 is 2.09 bits per heavy atom. The topological polar surface area (TPSA) is 73.2 Å². The van der Waals surface area contributed by atoms with E-state index in [2.05, 4.69) is 9.82 Å². The van der Waals surface area contributed by atoms with Gasteiger partial charge in [0.1, 0.15) is 4.90 Å². The Bertz CT molecular complexity index is 758. The number of benzene rings is 1. The smallest absolute Gasteiger partial charge is 0.244 e. The molecule has 0 bridgehead atoms. The Balaban J connectivity index is 1.80. The minimum absolute atomic E-state index is 0.150. The van der Waals surface area contributed by atoms with Crippen molar-refractivity contribution in [1.82, 2.24) is 14.5 Å². The fraction of sp³-hybridized carbons (Fsp3) is 0.357.